The highest BCUT2D eigenvalue weighted by atomic mass is 19.4. The summed E-state index contributed by atoms with van der Waals surface area (Å²) in [5, 5.41) is 9.85. The van der Waals surface area contributed by atoms with E-state index in [-0.39, 0.29) is 16.8 Å². The van der Waals surface area contributed by atoms with Crippen LogP contribution in [0.1, 0.15) is 21.7 Å². The van der Waals surface area contributed by atoms with Crippen LogP contribution >= 0.6 is 0 Å². The molecule has 0 aliphatic heterocycles. The number of nitrogens with one attached hydrogen (secondary N) is 1. The van der Waals surface area contributed by atoms with Gasteiger partial charge in [-0.25, -0.2) is 4.52 Å². The largest absolute Gasteiger partial charge is 0.433 e. The Balaban J connectivity index is 1.81. The number of aromatic nitrogens is 6. The predicted molar refractivity (Wildman–Crippen MR) is 97.4 cm³/mol. The third kappa shape index (κ3) is 3.74. The predicted octanol–water partition coefficient (Wildman–Crippen LogP) is 3.81. The van der Waals surface area contributed by atoms with Crippen molar-refractivity contribution in [2.24, 2.45) is 7.05 Å². The van der Waals surface area contributed by atoms with Crippen LogP contribution in [0.2, 0.25) is 0 Å². The van der Waals surface area contributed by atoms with E-state index in [2.05, 4.69) is 20.2 Å². The van der Waals surface area contributed by atoms with Crippen molar-refractivity contribution in [3.05, 3.63) is 60.1 Å². The fourth-order valence-corrected chi connectivity index (χ4v) is 3.11. The van der Waals surface area contributed by atoms with Gasteiger partial charge < -0.3 is 5.32 Å². The molecule has 1 N–H and O–H groups in total. The van der Waals surface area contributed by atoms with Crippen LogP contribution in [0.4, 0.5) is 32.0 Å². The maximum Gasteiger partial charge on any atom is 0.433 e. The third-order valence-electron chi connectivity index (χ3n) is 4.43. The Labute approximate surface area is 174 Å². The molecule has 0 radical (unpaired) electrons. The number of pyridine rings is 1. The van der Waals surface area contributed by atoms with E-state index in [4.69, 9.17) is 0 Å². The molecule has 4 rings (SSSR count). The number of carbonyl (C=O) groups excluding carboxylic acids is 1. The molecule has 32 heavy (non-hydrogen) atoms. The van der Waals surface area contributed by atoms with E-state index in [0.29, 0.717) is 10.7 Å². The van der Waals surface area contributed by atoms with Crippen molar-refractivity contribution in [1.82, 2.24) is 29.4 Å². The summed E-state index contributed by atoms with van der Waals surface area (Å²) in [7, 11) is 1.12. The molecule has 0 aliphatic carbocycles. The summed E-state index contributed by atoms with van der Waals surface area (Å²) < 4.78 is 82.5. The topological polar surface area (TPSA) is 90.0 Å². The van der Waals surface area contributed by atoms with Gasteiger partial charge in [0.05, 0.1) is 23.5 Å². The van der Waals surface area contributed by atoms with Crippen molar-refractivity contribution in [1.29, 1.82) is 0 Å². The molecule has 0 fully saturated rings. The van der Waals surface area contributed by atoms with Crippen LogP contribution in [0.15, 0.2) is 43.1 Å². The molecule has 0 atom stereocenters. The molecule has 4 aromatic heterocycles. The van der Waals surface area contributed by atoms with Crippen molar-refractivity contribution in [2.45, 2.75) is 12.4 Å². The number of aryl methyl sites for hydroxylation is 1. The Morgan fingerprint density at radius 3 is 2.50 bits per heavy atom. The molecule has 4 heterocycles. The fourth-order valence-electron chi connectivity index (χ4n) is 3.11. The van der Waals surface area contributed by atoms with E-state index in [9.17, 15) is 31.1 Å². The smallest absolute Gasteiger partial charge is 0.321 e. The quantitative estimate of drug-likeness (QED) is 0.475. The van der Waals surface area contributed by atoms with Crippen molar-refractivity contribution >= 4 is 17.1 Å². The molecule has 0 bridgehead atoms. The molecule has 0 saturated heterocycles. The zero-order valence-corrected chi connectivity index (χ0v) is 15.9. The average molecular weight is 455 g/mol. The van der Waals surface area contributed by atoms with E-state index < -0.39 is 40.9 Å². The average Bonchev–Trinajstić information content (AvgIpc) is 3.28. The SMILES string of the molecule is Cn1nc(-c2cnn3ccncc23)c(C(F)(F)F)c1C(=O)Nc1ccnc(C(F)(F)F)c1. The first-order chi connectivity index (χ1) is 15.0. The van der Waals surface area contributed by atoms with Gasteiger partial charge in [-0.15, -0.1) is 0 Å². The summed E-state index contributed by atoms with van der Waals surface area (Å²) in [6, 6.07) is 1.54. The van der Waals surface area contributed by atoms with Crippen LogP contribution in [0.5, 0.6) is 0 Å². The lowest BCUT2D eigenvalue weighted by atomic mass is 10.1. The molecule has 4 aromatic rings. The standard InChI is InChI=1S/C18H11F6N7O/c1-30-15(16(32)28-9-2-3-26-12(6-9)17(19,20)21)13(18(22,23)24)14(29-30)10-7-27-31-5-4-25-8-11(10)31/h2-8H,1H3,(H,26,28,32). The minimum atomic E-state index is -5.01. The van der Waals surface area contributed by atoms with E-state index >= 15 is 0 Å². The maximum atomic E-state index is 14.0. The van der Waals surface area contributed by atoms with Gasteiger partial charge in [-0.2, -0.15) is 36.5 Å². The van der Waals surface area contributed by atoms with E-state index in [1.54, 1.807) is 0 Å². The number of hydrogen-bond donors (Lipinski definition) is 1. The molecule has 0 saturated carbocycles. The molecule has 14 heteroatoms. The number of rotatable bonds is 3. The third-order valence-corrected chi connectivity index (χ3v) is 4.43. The second kappa shape index (κ2) is 7.32. The van der Waals surface area contributed by atoms with E-state index in [0.717, 1.165) is 25.5 Å². The zero-order chi connectivity index (χ0) is 23.3. The van der Waals surface area contributed by atoms with Crippen LogP contribution in [0.25, 0.3) is 16.8 Å². The van der Waals surface area contributed by atoms with E-state index in [1.807, 2.05) is 5.32 Å². The first-order valence-corrected chi connectivity index (χ1v) is 8.73. The lowest BCUT2D eigenvalue weighted by Gasteiger charge is -2.12. The monoisotopic (exact) mass is 455 g/mol. The lowest BCUT2D eigenvalue weighted by Crippen LogP contribution is -2.21. The Hall–Kier alpha value is -3.97. The summed E-state index contributed by atoms with van der Waals surface area (Å²) in [4.78, 5) is 19.7. The van der Waals surface area contributed by atoms with Crippen molar-refractivity contribution < 1.29 is 31.1 Å². The maximum absolute atomic E-state index is 14.0. The Bertz CT molecular complexity index is 1320. The van der Waals surface area contributed by atoms with Crippen molar-refractivity contribution in [3.8, 4) is 11.3 Å². The molecule has 0 spiro atoms. The number of nitrogens with zero attached hydrogens (tertiary/aromatic N) is 6. The van der Waals surface area contributed by atoms with Crippen molar-refractivity contribution in [3.63, 3.8) is 0 Å². The van der Waals surface area contributed by atoms with Crippen LogP contribution in [0.3, 0.4) is 0 Å². The summed E-state index contributed by atoms with van der Waals surface area (Å²) in [5.74, 6) is -1.30. The highest BCUT2D eigenvalue weighted by Gasteiger charge is 2.43. The van der Waals surface area contributed by atoms with Gasteiger partial charge in [0.1, 0.15) is 22.6 Å². The molecule has 0 aliphatic rings. The Morgan fingerprint density at radius 1 is 1.06 bits per heavy atom. The van der Waals surface area contributed by atoms with Gasteiger partial charge in [0.15, 0.2) is 0 Å². The highest BCUT2D eigenvalue weighted by molar-refractivity contribution is 6.05. The van der Waals surface area contributed by atoms with Gasteiger partial charge in [0.25, 0.3) is 5.91 Å². The number of fused-ring (bicyclic) bond motifs is 1. The first kappa shape index (κ1) is 21.3. The molecule has 1 amide bonds. The van der Waals surface area contributed by atoms with Gasteiger partial charge in [-0.3, -0.25) is 19.4 Å². The number of carbonyl (C=O) groups is 1. The summed E-state index contributed by atoms with van der Waals surface area (Å²) >= 11 is 0. The Morgan fingerprint density at radius 2 is 1.81 bits per heavy atom. The molecular weight excluding hydrogens is 444 g/mol. The molecule has 166 valence electrons. The van der Waals surface area contributed by atoms with Gasteiger partial charge in [-0.1, -0.05) is 0 Å². The second-order valence-corrected chi connectivity index (χ2v) is 6.54. The number of halogens is 6. The zero-order valence-electron chi connectivity index (χ0n) is 15.9. The van der Waals surface area contributed by atoms with Crippen LogP contribution in [-0.2, 0) is 19.4 Å². The fraction of sp³-hybridized carbons (Fsp3) is 0.167. The van der Waals surface area contributed by atoms with Crippen LogP contribution in [-0.4, -0.2) is 35.3 Å². The molecule has 0 unspecified atom stereocenters. The lowest BCUT2D eigenvalue weighted by molar-refractivity contribution is -0.141. The second-order valence-electron chi connectivity index (χ2n) is 6.54. The van der Waals surface area contributed by atoms with Gasteiger partial charge >= 0.3 is 12.4 Å². The number of anilines is 1. The van der Waals surface area contributed by atoms with Crippen molar-refractivity contribution in [2.75, 3.05) is 5.32 Å². The molecular formula is C18H11F6N7O. The van der Waals surface area contributed by atoms with Gasteiger partial charge in [-0.05, 0) is 12.1 Å². The minimum absolute atomic E-state index is 0.0247. The summed E-state index contributed by atoms with van der Waals surface area (Å²) in [6.45, 7) is 0. The van der Waals surface area contributed by atoms with Gasteiger partial charge in [0.2, 0.25) is 0 Å². The first-order valence-electron chi connectivity index (χ1n) is 8.73. The number of amides is 1. The normalized spacial score (nSPS) is 12.3. The van der Waals surface area contributed by atoms with Gasteiger partial charge in [0, 0.05) is 31.3 Å². The highest BCUT2D eigenvalue weighted by Crippen LogP contribution is 2.40. The summed E-state index contributed by atoms with van der Waals surface area (Å²) in [5.41, 5.74) is -4.32. The number of hydrogen-bond acceptors (Lipinski definition) is 5. The van der Waals surface area contributed by atoms with Crippen LogP contribution < -0.4 is 5.32 Å². The minimum Gasteiger partial charge on any atom is -0.321 e. The molecule has 8 nitrogen and oxygen atoms in total. The Kier molecular flexibility index (Phi) is 4.86. The number of alkyl halides is 6. The molecule has 0 aromatic carbocycles. The summed E-state index contributed by atoms with van der Waals surface area (Å²) in [6.07, 6.45) is -3.79. The van der Waals surface area contributed by atoms with E-state index in [1.165, 1.54) is 23.1 Å². The van der Waals surface area contributed by atoms with Crippen LogP contribution in [0, 0.1) is 0 Å².